The zero-order chi connectivity index (χ0) is 12.7. The van der Waals surface area contributed by atoms with Crippen LogP contribution in [0.4, 0.5) is 0 Å². The van der Waals surface area contributed by atoms with Crippen molar-refractivity contribution in [3.63, 3.8) is 0 Å². The van der Waals surface area contributed by atoms with Gasteiger partial charge >= 0.3 is 0 Å². The fraction of sp³-hybridized carbons (Fsp3) is 0.923. The van der Waals surface area contributed by atoms with Crippen LogP contribution < -0.4 is 5.32 Å². The van der Waals surface area contributed by atoms with Crippen LogP contribution in [0.1, 0.15) is 32.6 Å². The molecule has 1 aliphatic rings. The second-order valence-electron chi connectivity index (χ2n) is 4.85. The summed E-state index contributed by atoms with van der Waals surface area (Å²) in [7, 11) is 3.66. The van der Waals surface area contributed by atoms with Crippen molar-refractivity contribution in [2.24, 2.45) is 0 Å². The summed E-state index contributed by atoms with van der Waals surface area (Å²) >= 11 is 0. The van der Waals surface area contributed by atoms with Crippen molar-refractivity contribution < 1.29 is 4.74 Å². The average molecular weight is 239 g/mol. The molecular weight excluding hydrogens is 214 g/mol. The van der Waals surface area contributed by atoms with Gasteiger partial charge in [-0.15, -0.1) is 0 Å². The van der Waals surface area contributed by atoms with Gasteiger partial charge in [0, 0.05) is 20.2 Å². The minimum atomic E-state index is -0.333. The summed E-state index contributed by atoms with van der Waals surface area (Å²) in [5.41, 5.74) is -0.333. The van der Waals surface area contributed by atoms with Crippen LogP contribution in [0.3, 0.4) is 0 Å². The molecule has 4 nitrogen and oxygen atoms in total. The molecule has 4 heteroatoms. The normalized spacial score (nSPS) is 24.5. The first-order valence-electron chi connectivity index (χ1n) is 6.55. The highest BCUT2D eigenvalue weighted by Crippen LogP contribution is 2.18. The Bertz CT molecular complexity index is 258. The number of hydrogen-bond donors (Lipinski definition) is 1. The highest BCUT2D eigenvalue weighted by molar-refractivity contribution is 5.05. The van der Waals surface area contributed by atoms with Gasteiger partial charge < -0.3 is 15.0 Å². The third-order valence-electron chi connectivity index (χ3n) is 3.94. The van der Waals surface area contributed by atoms with Crippen molar-refractivity contribution in [2.75, 3.05) is 33.8 Å². The van der Waals surface area contributed by atoms with E-state index in [-0.39, 0.29) is 5.54 Å². The van der Waals surface area contributed by atoms with Crippen molar-refractivity contribution in [1.29, 1.82) is 5.26 Å². The number of nitriles is 1. The van der Waals surface area contributed by atoms with Crippen molar-refractivity contribution in [3.05, 3.63) is 0 Å². The van der Waals surface area contributed by atoms with Crippen molar-refractivity contribution >= 4 is 0 Å². The van der Waals surface area contributed by atoms with E-state index in [2.05, 4.69) is 23.2 Å². The second-order valence-corrected chi connectivity index (χ2v) is 4.85. The van der Waals surface area contributed by atoms with Crippen molar-refractivity contribution in [2.45, 2.75) is 44.2 Å². The molecule has 0 bridgehead atoms. The van der Waals surface area contributed by atoms with Gasteiger partial charge in [-0.1, -0.05) is 6.92 Å². The van der Waals surface area contributed by atoms with Gasteiger partial charge in [-0.3, -0.25) is 0 Å². The monoisotopic (exact) mass is 239 g/mol. The topological polar surface area (TPSA) is 48.3 Å². The molecule has 0 spiro atoms. The molecule has 1 N–H and O–H groups in total. The Morgan fingerprint density at radius 1 is 1.59 bits per heavy atom. The van der Waals surface area contributed by atoms with Crippen LogP contribution in [0.25, 0.3) is 0 Å². The maximum atomic E-state index is 9.20. The molecule has 2 atom stereocenters. The van der Waals surface area contributed by atoms with Crippen LogP contribution in [0.2, 0.25) is 0 Å². The standard InChI is InChI=1S/C13H25N3O/c1-4-13(11-14,15-2)7-5-8-16-9-6-12(10-16)17-3/h12,15H,4-10H2,1-3H3. The quantitative estimate of drug-likeness (QED) is 0.729. The Hall–Kier alpha value is -0.630. The molecule has 0 aromatic heterocycles. The van der Waals surface area contributed by atoms with Gasteiger partial charge in [0.05, 0.1) is 12.2 Å². The number of ether oxygens (including phenoxy) is 1. The predicted molar refractivity (Wildman–Crippen MR) is 68.8 cm³/mol. The summed E-state index contributed by atoms with van der Waals surface area (Å²) in [4.78, 5) is 2.43. The Balaban J connectivity index is 2.26. The first-order chi connectivity index (χ1) is 8.19. The van der Waals surface area contributed by atoms with Crippen LogP contribution in [0.15, 0.2) is 0 Å². The SMILES string of the molecule is CCC(C#N)(CCCN1CCC(OC)C1)NC. The van der Waals surface area contributed by atoms with E-state index < -0.39 is 0 Å². The molecule has 1 saturated heterocycles. The molecule has 0 radical (unpaired) electrons. The van der Waals surface area contributed by atoms with E-state index in [9.17, 15) is 5.26 Å². The Morgan fingerprint density at radius 2 is 2.35 bits per heavy atom. The molecule has 2 unspecified atom stereocenters. The van der Waals surface area contributed by atoms with Crippen LogP contribution in [0.5, 0.6) is 0 Å². The molecule has 1 rings (SSSR count). The lowest BCUT2D eigenvalue weighted by molar-refractivity contribution is 0.107. The first-order valence-corrected chi connectivity index (χ1v) is 6.55. The summed E-state index contributed by atoms with van der Waals surface area (Å²) in [6.07, 6.45) is 4.40. The van der Waals surface area contributed by atoms with Gasteiger partial charge in [0.25, 0.3) is 0 Å². The summed E-state index contributed by atoms with van der Waals surface area (Å²) in [6.45, 7) is 5.31. The van der Waals surface area contributed by atoms with Crippen LogP contribution in [-0.4, -0.2) is 50.3 Å². The number of hydrogen-bond acceptors (Lipinski definition) is 4. The van der Waals surface area contributed by atoms with Crippen molar-refractivity contribution in [1.82, 2.24) is 10.2 Å². The molecule has 1 aliphatic heterocycles. The molecule has 1 fully saturated rings. The van der Waals surface area contributed by atoms with E-state index in [1.165, 1.54) is 0 Å². The molecule has 0 aliphatic carbocycles. The number of rotatable bonds is 7. The number of nitrogens with one attached hydrogen (secondary N) is 1. The molecule has 0 amide bonds. The lowest BCUT2D eigenvalue weighted by Crippen LogP contribution is -2.41. The van der Waals surface area contributed by atoms with Gasteiger partial charge in [-0.05, 0) is 39.3 Å². The van der Waals surface area contributed by atoms with Gasteiger partial charge in [0.2, 0.25) is 0 Å². The molecule has 0 saturated carbocycles. The van der Waals surface area contributed by atoms with E-state index >= 15 is 0 Å². The Kier molecular flexibility index (Phi) is 5.90. The molecule has 0 aromatic carbocycles. The fourth-order valence-corrected chi connectivity index (χ4v) is 2.47. The highest BCUT2D eigenvalue weighted by Gasteiger charge is 2.26. The minimum Gasteiger partial charge on any atom is -0.380 e. The van der Waals surface area contributed by atoms with Crippen LogP contribution >= 0.6 is 0 Å². The second kappa shape index (κ2) is 6.95. The predicted octanol–water partition coefficient (Wildman–Crippen LogP) is 1.38. The zero-order valence-corrected chi connectivity index (χ0v) is 11.3. The maximum Gasteiger partial charge on any atom is 0.106 e. The van der Waals surface area contributed by atoms with E-state index in [4.69, 9.17) is 4.74 Å². The van der Waals surface area contributed by atoms with Gasteiger partial charge in [-0.2, -0.15) is 5.26 Å². The number of nitrogens with zero attached hydrogens (tertiary/aromatic N) is 2. The third-order valence-corrected chi connectivity index (χ3v) is 3.94. The molecule has 98 valence electrons. The summed E-state index contributed by atoms with van der Waals surface area (Å²) in [6, 6.07) is 2.41. The smallest absolute Gasteiger partial charge is 0.106 e. The van der Waals surface area contributed by atoms with Gasteiger partial charge in [-0.25, -0.2) is 0 Å². The van der Waals surface area contributed by atoms with Crippen LogP contribution in [0, 0.1) is 11.3 Å². The van der Waals surface area contributed by atoms with E-state index in [0.717, 1.165) is 45.3 Å². The summed E-state index contributed by atoms with van der Waals surface area (Å²) in [5, 5.41) is 12.4. The summed E-state index contributed by atoms with van der Waals surface area (Å²) < 4.78 is 5.35. The Labute approximate surface area is 105 Å². The van der Waals surface area contributed by atoms with E-state index in [1.807, 2.05) is 7.05 Å². The van der Waals surface area contributed by atoms with Crippen LogP contribution in [-0.2, 0) is 4.74 Å². The zero-order valence-electron chi connectivity index (χ0n) is 11.3. The lowest BCUT2D eigenvalue weighted by atomic mass is 9.92. The Morgan fingerprint density at radius 3 is 2.82 bits per heavy atom. The lowest BCUT2D eigenvalue weighted by Gasteiger charge is -2.25. The minimum absolute atomic E-state index is 0.333. The molecule has 1 heterocycles. The van der Waals surface area contributed by atoms with E-state index in [1.54, 1.807) is 7.11 Å². The molecular formula is C13H25N3O. The largest absolute Gasteiger partial charge is 0.380 e. The van der Waals surface area contributed by atoms with Gasteiger partial charge in [0.15, 0.2) is 0 Å². The third kappa shape index (κ3) is 3.95. The first kappa shape index (κ1) is 14.4. The summed E-state index contributed by atoms with van der Waals surface area (Å²) in [5.74, 6) is 0. The van der Waals surface area contributed by atoms with Gasteiger partial charge in [0.1, 0.15) is 5.54 Å². The molecule has 0 aromatic rings. The fourth-order valence-electron chi connectivity index (χ4n) is 2.47. The number of methoxy groups -OCH3 is 1. The maximum absolute atomic E-state index is 9.20. The highest BCUT2D eigenvalue weighted by atomic mass is 16.5. The van der Waals surface area contributed by atoms with E-state index in [0.29, 0.717) is 6.10 Å². The number of likely N-dealkylation sites (tertiary alicyclic amines) is 1. The molecule has 17 heavy (non-hydrogen) atoms. The average Bonchev–Trinajstić information content (AvgIpc) is 2.83. The van der Waals surface area contributed by atoms with Crippen molar-refractivity contribution in [3.8, 4) is 6.07 Å².